The molecule has 0 atom stereocenters. The van der Waals surface area contributed by atoms with Crippen molar-refractivity contribution >= 4 is 27.5 Å². The molecule has 5 heteroatoms. The molecule has 1 aromatic carbocycles. The number of nitrogens with one attached hydrogen (secondary N) is 2. The third-order valence-corrected chi connectivity index (χ3v) is 2.86. The van der Waals surface area contributed by atoms with Crippen LogP contribution >= 0.6 is 15.9 Å². The van der Waals surface area contributed by atoms with E-state index in [9.17, 15) is 9.90 Å². The zero-order valence-electron chi connectivity index (χ0n) is 7.96. The lowest BCUT2D eigenvalue weighted by atomic mass is 10.0. The van der Waals surface area contributed by atoms with Crippen LogP contribution in [0, 0.1) is 5.92 Å². The third-order valence-electron chi connectivity index (χ3n) is 2.37. The number of amides is 1. The topological polar surface area (TPSA) is 61.4 Å². The minimum absolute atomic E-state index is 0.0170. The summed E-state index contributed by atoms with van der Waals surface area (Å²) in [6, 6.07) is 4.94. The number of carbonyl (C=O) groups excluding carboxylic acids is 1. The summed E-state index contributed by atoms with van der Waals surface area (Å²) in [5.41, 5.74) is 0.446. The van der Waals surface area contributed by atoms with E-state index in [1.807, 2.05) is 0 Å². The number of anilines is 1. The fraction of sp³-hybridized carbons (Fsp3) is 0.300. The largest absolute Gasteiger partial charge is 0.506 e. The van der Waals surface area contributed by atoms with Gasteiger partial charge in [-0.15, -0.1) is 0 Å². The average Bonchev–Trinajstić information content (AvgIpc) is 2.08. The molecule has 0 bridgehead atoms. The first kappa shape index (κ1) is 10.4. The highest BCUT2D eigenvalue weighted by atomic mass is 79.9. The highest BCUT2D eigenvalue weighted by molar-refractivity contribution is 9.10. The van der Waals surface area contributed by atoms with Crippen molar-refractivity contribution in [3.63, 3.8) is 0 Å². The zero-order valence-corrected chi connectivity index (χ0v) is 9.54. The number of carbonyl (C=O) groups is 1. The van der Waals surface area contributed by atoms with E-state index in [4.69, 9.17) is 0 Å². The molecular formula is C10H11BrN2O2. The van der Waals surface area contributed by atoms with E-state index in [1.165, 1.54) is 0 Å². The molecule has 0 aliphatic carbocycles. The van der Waals surface area contributed by atoms with Gasteiger partial charge in [-0.25, -0.2) is 0 Å². The van der Waals surface area contributed by atoms with Crippen molar-refractivity contribution in [3.05, 3.63) is 22.7 Å². The summed E-state index contributed by atoms with van der Waals surface area (Å²) in [5.74, 6) is 0.0457. The molecule has 0 unspecified atom stereocenters. The number of rotatable bonds is 2. The minimum atomic E-state index is -0.0536. The smallest absolute Gasteiger partial charge is 0.230 e. The molecule has 4 nitrogen and oxygen atoms in total. The van der Waals surface area contributed by atoms with Gasteiger partial charge in [-0.1, -0.05) is 15.9 Å². The lowest BCUT2D eigenvalue weighted by molar-refractivity contribution is -0.121. The molecule has 3 N–H and O–H groups in total. The van der Waals surface area contributed by atoms with Crippen LogP contribution in [0.4, 0.5) is 5.69 Å². The number of aromatic hydroxyl groups is 1. The van der Waals surface area contributed by atoms with E-state index < -0.39 is 0 Å². The summed E-state index contributed by atoms with van der Waals surface area (Å²) in [7, 11) is 0. The second-order valence-corrected chi connectivity index (χ2v) is 4.42. The number of halogens is 1. The maximum atomic E-state index is 11.6. The van der Waals surface area contributed by atoms with Crippen LogP contribution in [0.15, 0.2) is 22.7 Å². The van der Waals surface area contributed by atoms with Gasteiger partial charge in [0.25, 0.3) is 0 Å². The third kappa shape index (κ3) is 2.30. The minimum Gasteiger partial charge on any atom is -0.506 e. The van der Waals surface area contributed by atoms with Crippen molar-refractivity contribution in [2.45, 2.75) is 0 Å². The first-order chi connectivity index (χ1) is 7.16. The summed E-state index contributed by atoms with van der Waals surface area (Å²) in [6.07, 6.45) is 0. The maximum Gasteiger partial charge on any atom is 0.230 e. The van der Waals surface area contributed by atoms with Crippen LogP contribution in [0.2, 0.25) is 0 Å². The molecule has 0 spiro atoms. The molecule has 0 aromatic heterocycles. The Morgan fingerprint density at radius 3 is 2.87 bits per heavy atom. The molecule has 1 aliphatic heterocycles. The fourth-order valence-corrected chi connectivity index (χ4v) is 1.68. The van der Waals surface area contributed by atoms with Gasteiger partial charge in [0.15, 0.2) is 0 Å². The Kier molecular flexibility index (Phi) is 2.93. The van der Waals surface area contributed by atoms with Crippen molar-refractivity contribution in [2.75, 3.05) is 18.4 Å². The van der Waals surface area contributed by atoms with Crippen LogP contribution in [-0.2, 0) is 4.79 Å². The first-order valence-electron chi connectivity index (χ1n) is 4.67. The van der Waals surface area contributed by atoms with Gasteiger partial charge in [-0.3, -0.25) is 4.79 Å². The van der Waals surface area contributed by atoms with Crippen LogP contribution in [0.3, 0.4) is 0 Å². The second-order valence-electron chi connectivity index (χ2n) is 3.51. The Morgan fingerprint density at radius 2 is 2.27 bits per heavy atom. The van der Waals surface area contributed by atoms with E-state index in [0.29, 0.717) is 18.8 Å². The quantitative estimate of drug-likeness (QED) is 0.711. The van der Waals surface area contributed by atoms with Crippen LogP contribution in [-0.4, -0.2) is 24.1 Å². The molecule has 1 aliphatic rings. The van der Waals surface area contributed by atoms with Gasteiger partial charge >= 0.3 is 0 Å². The highest BCUT2D eigenvalue weighted by Crippen LogP contribution is 2.27. The molecule has 2 rings (SSSR count). The van der Waals surface area contributed by atoms with E-state index >= 15 is 0 Å². The molecule has 1 fully saturated rings. The van der Waals surface area contributed by atoms with Crippen LogP contribution in [0.25, 0.3) is 0 Å². The lowest BCUT2D eigenvalue weighted by Gasteiger charge is -2.25. The van der Waals surface area contributed by atoms with Gasteiger partial charge in [-0.2, -0.15) is 0 Å². The van der Waals surface area contributed by atoms with E-state index in [-0.39, 0.29) is 17.6 Å². The Balaban J connectivity index is 2.09. The standard InChI is InChI=1S/C10H11BrN2O2/c11-7-1-2-9(14)8(3-7)13-10(15)6-4-12-5-6/h1-3,6,12,14H,4-5H2,(H,13,15). The van der Waals surface area contributed by atoms with Crippen molar-refractivity contribution < 1.29 is 9.90 Å². The predicted octanol–water partition coefficient (Wildman–Crippen LogP) is 1.31. The van der Waals surface area contributed by atoms with Crippen molar-refractivity contribution in [3.8, 4) is 5.75 Å². The summed E-state index contributed by atoms with van der Waals surface area (Å²) in [5, 5.41) is 15.2. The van der Waals surface area contributed by atoms with Crippen LogP contribution in [0.1, 0.15) is 0 Å². The van der Waals surface area contributed by atoms with Gasteiger partial charge in [0.05, 0.1) is 11.6 Å². The Bertz CT molecular complexity index is 391. The number of benzene rings is 1. The number of hydrogen-bond acceptors (Lipinski definition) is 3. The molecule has 1 aromatic rings. The van der Waals surface area contributed by atoms with Crippen LogP contribution < -0.4 is 10.6 Å². The summed E-state index contributed by atoms with van der Waals surface area (Å²) < 4.78 is 0.822. The van der Waals surface area contributed by atoms with Gasteiger partial charge in [0.2, 0.25) is 5.91 Å². The van der Waals surface area contributed by atoms with Crippen molar-refractivity contribution in [1.29, 1.82) is 0 Å². The van der Waals surface area contributed by atoms with Crippen molar-refractivity contribution in [1.82, 2.24) is 5.32 Å². The summed E-state index contributed by atoms with van der Waals surface area (Å²) in [4.78, 5) is 11.6. The summed E-state index contributed by atoms with van der Waals surface area (Å²) >= 11 is 3.28. The van der Waals surface area contributed by atoms with Gasteiger partial charge in [-0.05, 0) is 18.2 Å². The molecule has 0 saturated carbocycles. The maximum absolute atomic E-state index is 11.6. The Hall–Kier alpha value is -1.07. The van der Waals surface area contributed by atoms with Gasteiger partial charge in [0.1, 0.15) is 5.75 Å². The fourth-order valence-electron chi connectivity index (χ4n) is 1.32. The molecule has 0 radical (unpaired) electrons. The Labute approximate surface area is 95.8 Å². The Morgan fingerprint density at radius 1 is 1.53 bits per heavy atom. The molecule has 1 amide bonds. The average molecular weight is 271 g/mol. The molecule has 1 heterocycles. The summed E-state index contributed by atoms with van der Waals surface area (Å²) in [6.45, 7) is 1.42. The second kappa shape index (κ2) is 4.20. The SMILES string of the molecule is O=C(Nc1cc(Br)ccc1O)C1CNC1. The van der Waals surface area contributed by atoms with Crippen molar-refractivity contribution in [2.24, 2.45) is 5.92 Å². The van der Waals surface area contributed by atoms with Crippen LogP contribution in [0.5, 0.6) is 5.75 Å². The molecule has 1 saturated heterocycles. The molecular weight excluding hydrogens is 260 g/mol. The number of phenolic OH excluding ortho intramolecular Hbond substituents is 1. The first-order valence-corrected chi connectivity index (χ1v) is 5.46. The predicted molar refractivity (Wildman–Crippen MR) is 60.8 cm³/mol. The lowest BCUT2D eigenvalue weighted by Crippen LogP contribution is -2.48. The molecule has 15 heavy (non-hydrogen) atoms. The number of phenols is 1. The number of hydrogen-bond donors (Lipinski definition) is 3. The molecule has 80 valence electrons. The van der Waals surface area contributed by atoms with E-state index in [2.05, 4.69) is 26.6 Å². The van der Waals surface area contributed by atoms with E-state index in [1.54, 1.807) is 18.2 Å². The van der Waals surface area contributed by atoms with Gasteiger partial charge < -0.3 is 15.7 Å². The normalized spacial score (nSPS) is 15.8. The monoisotopic (exact) mass is 270 g/mol. The van der Waals surface area contributed by atoms with E-state index in [0.717, 1.165) is 4.47 Å². The highest BCUT2D eigenvalue weighted by Gasteiger charge is 2.25. The van der Waals surface area contributed by atoms with Gasteiger partial charge in [0, 0.05) is 17.6 Å². The zero-order chi connectivity index (χ0) is 10.8.